The number of hydrogen-bond donors (Lipinski definition) is 2. The standard InChI is InChI=1S/C18H28N4O3/c1-14(15-5-3-2-4-6-15)20-17(25)21-10-7-18(8-11-21,16(23)24)22-12-9-19-13-22/h9,12-15H,2-8,10-11H2,1H3,(H,20,25)(H,23,24)/t14-/m1/s1. The van der Waals surface area contributed by atoms with Crippen LogP contribution in [0.4, 0.5) is 4.79 Å². The topological polar surface area (TPSA) is 87.5 Å². The third-order valence-corrected chi connectivity index (χ3v) is 5.98. The van der Waals surface area contributed by atoms with Gasteiger partial charge in [0, 0.05) is 31.5 Å². The van der Waals surface area contributed by atoms with Gasteiger partial charge in [0.25, 0.3) is 0 Å². The van der Waals surface area contributed by atoms with Crippen LogP contribution in [0, 0.1) is 5.92 Å². The normalized spacial score (nSPS) is 22.4. The van der Waals surface area contributed by atoms with Gasteiger partial charge < -0.3 is 19.9 Å². The Morgan fingerprint density at radius 3 is 2.48 bits per heavy atom. The Bertz CT molecular complexity index is 587. The van der Waals surface area contributed by atoms with Crippen LogP contribution >= 0.6 is 0 Å². The van der Waals surface area contributed by atoms with Crippen LogP contribution in [0.3, 0.4) is 0 Å². The Morgan fingerprint density at radius 2 is 1.92 bits per heavy atom. The van der Waals surface area contributed by atoms with Crippen LogP contribution in [-0.4, -0.2) is 50.7 Å². The molecular formula is C18H28N4O3. The van der Waals surface area contributed by atoms with Gasteiger partial charge in [-0.05, 0) is 38.5 Å². The molecule has 3 rings (SSSR count). The molecule has 1 aliphatic heterocycles. The SMILES string of the molecule is C[C@@H](NC(=O)N1CCC(C(=O)O)(n2ccnc2)CC1)C1CCCCC1. The summed E-state index contributed by atoms with van der Waals surface area (Å²) in [5, 5.41) is 12.9. The van der Waals surface area contributed by atoms with E-state index in [1.807, 2.05) is 0 Å². The molecule has 0 bridgehead atoms. The summed E-state index contributed by atoms with van der Waals surface area (Å²) in [6, 6.07) is 0.107. The highest BCUT2D eigenvalue weighted by Crippen LogP contribution is 2.31. The zero-order valence-corrected chi connectivity index (χ0v) is 14.9. The van der Waals surface area contributed by atoms with E-state index in [0.717, 1.165) is 0 Å². The molecule has 1 aromatic heterocycles. The zero-order valence-electron chi connectivity index (χ0n) is 14.9. The average Bonchev–Trinajstić information content (AvgIpc) is 3.17. The number of piperidine rings is 1. The highest BCUT2D eigenvalue weighted by Gasteiger charge is 2.44. The molecule has 138 valence electrons. The molecule has 1 saturated carbocycles. The number of carbonyl (C=O) groups is 2. The maximum Gasteiger partial charge on any atom is 0.330 e. The summed E-state index contributed by atoms with van der Waals surface area (Å²) in [5.74, 6) is -0.298. The number of hydrogen-bond acceptors (Lipinski definition) is 3. The fourth-order valence-corrected chi connectivity index (χ4v) is 4.21. The summed E-state index contributed by atoms with van der Waals surface area (Å²) in [7, 11) is 0. The van der Waals surface area contributed by atoms with E-state index in [0.29, 0.717) is 31.8 Å². The van der Waals surface area contributed by atoms with Gasteiger partial charge >= 0.3 is 12.0 Å². The van der Waals surface area contributed by atoms with Crippen molar-refractivity contribution in [3.63, 3.8) is 0 Å². The maximum atomic E-state index is 12.6. The van der Waals surface area contributed by atoms with Crippen LogP contribution in [0.25, 0.3) is 0 Å². The smallest absolute Gasteiger partial charge is 0.330 e. The minimum Gasteiger partial charge on any atom is -0.479 e. The summed E-state index contributed by atoms with van der Waals surface area (Å²) in [4.78, 5) is 30.2. The fourth-order valence-electron chi connectivity index (χ4n) is 4.21. The Labute approximate surface area is 148 Å². The first-order valence-electron chi connectivity index (χ1n) is 9.30. The number of amides is 2. The molecule has 2 heterocycles. The minimum atomic E-state index is -0.998. The van der Waals surface area contributed by atoms with E-state index in [2.05, 4.69) is 17.2 Å². The lowest BCUT2D eigenvalue weighted by atomic mass is 9.84. The number of carbonyl (C=O) groups excluding carboxylic acids is 1. The lowest BCUT2D eigenvalue weighted by Gasteiger charge is -2.40. The van der Waals surface area contributed by atoms with Crippen LogP contribution < -0.4 is 5.32 Å². The highest BCUT2D eigenvalue weighted by atomic mass is 16.4. The second kappa shape index (κ2) is 7.45. The number of nitrogens with zero attached hydrogens (tertiary/aromatic N) is 3. The van der Waals surface area contributed by atoms with Crippen LogP contribution in [-0.2, 0) is 10.3 Å². The summed E-state index contributed by atoms with van der Waals surface area (Å²) < 4.78 is 1.66. The van der Waals surface area contributed by atoms with Gasteiger partial charge in [0.1, 0.15) is 5.54 Å². The van der Waals surface area contributed by atoms with E-state index in [1.54, 1.807) is 28.2 Å². The molecular weight excluding hydrogens is 320 g/mol. The molecule has 1 aliphatic carbocycles. The number of aromatic nitrogens is 2. The van der Waals surface area contributed by atoms with E-state index in [9.17, 15) is 14.7 Å². The maximum absolute atomic E-state index is 12.6. The van der Waals surface area contributed by atoms with Crippen LogP contribution in [0.15, 0.2) is 18.7 Å². The largest absolute Gasteiger partial charge is 0.479 e. The molecule has 7 heteroatoms. The Morgan fingerprint density at radius 1 is 1.24 bits per heavy atom. The number of likely N-dealkylation sites (tertiary alicyclic amines) is 1. The molecule has 1 saturated heterocycles. The van der Waals surface area contributed by atoms with Crippen LogP contribution in [0.1, 0.15) is 51.9 Å². The molecule has 0 radical (unpaired) electrons. The van der Waals surface area contributed by atoms with Gasteiger partial charge in [0.2, 0.25) is 0 Å². The van der Waals surface area contributed by atoms with Crippen molar-refractivity contribution >= 4 is 12.0 Å². The fraction of sp³-hybridized carbons (Fsp3) is 0.722. The molecule has 1 aromatic rings. The minimum absolute atomic E-state index is 0.0670. The lowest BCUT2D eigenvalue weighted by molar-refractivity contribution is -0.150. The predicted octanol–water partition coefficient (Wildman–Crippen LogP) is 2.44. The van der Waals surface area contributed by atoms with Crippen molar-refractivity contribution in [3.05, 3.63) is 18.7 Å². The van der Waals surface area contributed by atoms with Gasteiger partial charge in [0.15, 0.2) is 0 Å². The first kappa shape index (κ1) is 17.8. The Kier molecular flexibility index (Phi) is 5.30. The van der Waals surface area contributed by atoms with Gasteiger partial charge in [-0.2, -0.15) is 0 Å². The summed E-state index contributed by atoms with van der Waals surface area (Å²) in [5.41, 5.74) is -0.998. The molecule has 0 spiro atoms. The first-order chi connectivity index (χ1) is 12.0. The van der Waals surface area contributed by atoms with Crippen LogP contribution in [0.5, 0.6) is 0 Å². The van der Waals surface area contributed by atoms with Gasteiger partial charge in [0.05, 0.1) is 6.33 Å². The molecule has 2 N–H and O–H groups in total. The highest BCUT2D eigenvalue weighted by molar-refractivity contribution is 5.78. The molecule has 1 atom stereocenters. The van der Waals surface area contributed by atoms with E-state index in [1.165, 1.54) is 32.1 Å². The van der Waals surface area contributed by atoms with Gasteiger partial charge in [-0.1, -0.05) is 19.3 Å². The summed E-state index contributed by atoms with van der Waals surface area (Å²) in [6.45, 7) is 2.96. The van der Waals surface area contributed by atoms with Gasteiger partial charge in [-0.15, -0.1) is 0 Å². The average molecular weight is 348 g/mol. The van der Waals surface area contributed by atoms with Crippen molar-refractivity contribution in [2.24, 2.45) is 5.92 Å². The zero-order chi connectivity index (χ0) is 17.9. The van der Waals surface area contributed by atoms with Gasteiger partial charge in [-0.25, -0.2) is 14.6 Å². The summed E-state index contributed by atoms with van der Waals surface area (Å²) in [6.07, 6.45) is 11.8. The van der Waals surface area contributed by atoms with Gasteiger partial charge in [-0.3, -0.25) is 0 Å². The Hall–Kier alpha value is -2.05. The molecule has 25 heavy (non-hydrogen) atoms. The van der Waals surface area contributed by atoms with Crippen molar-refractivity contribution in [1.82, 2.24) is 19.8 Å². The van der Waals surface area contributed by atoms with E-state index < -0.39 is 11.5 Å². The predicted molar refractivity (Wildman–Crippen MR) is 93.2 cm³/mol. The number of carboxylic acid groups (broad SMARTS) is 1. The Balaban J connectivity index is 1.57. The second-order valence-corrected chi connectivity index (χ2v) is 7.43. The van der Waals surface area contributed by atoms with Crippen molar-refractivity contribution in [1.29, 1.82) is 0 Å². The molecule has 0 aromatic carbocycles. The summed E-state index contributed by atoms with van der Waals surface area (Å²) >= 11 is 0. The van der Waals surface area contributed by atoms with Crippen molar-refractivity contribution in [2.75, 3.05) is 13.1 Å². The van der Waals surface area contributed by atoms with E-state index in [4.69, 9.17) is 0 Å². The molecule has 2 fully saturated rings. The monoisotopic (exact) mass is 348 g/mol. The lowest BCUT2D eigenvalue weighted by Crippen LogP contribution is -2.55. The number of urea groups is 1. The quantitative estimate of drug-likeness (QED) is 0.875. The third kappa shape index (κ3) is 3.65. The van der Waals surface area contributed by atoms with Crippen molar-refractivity contribution in [3.8, 4) is 0 Å². The number of nitrogens with one attached hydrogen (secondary N) is 1. The van der Waals surface area contributed by atoms with E-state index in [-0.39, 0.29) is 12.1 Å². The number of imidazole rings is 1. The first-order valence-corrected chi connectivity index (χ1v) is 9.30. The third-order valence-electron chi connectivity index (χ3n) is 5.98. The van der Waals surface area contributed by atoms with Crippen molar-refractivity contribution < 1.29 is 14.7 Å². The van der Waals surface area contributed by atoms with Crippen molar-refractivity contribution in [2.45, 2.75) is 63.5 Å². The number of carboxylic acids is 1. The molecule has 7 nitrogen and oxygen atoms in total. The second-order valence-electron chi connectivity index (χ2n) is 7.43. The molecule has 0 unspecified atom stereocenters. The van der Waals surface area contributed by atoms with E-state index >= 15 is 0 Å². The molecule has 2 amide bonds. The van der Waals surface area contributed by atoms with Crippen LogP contribution in [0.2, 0.25) is 0 Å². The number of aliphatic carboxylic acids is 1. The number of rotatable bonds is 4. The molecule has 2 aliphatic rings.